The van der Waals surface area contributed by atoms with Crippen LogP contribution in [0.25, 0.3) is 0 Å². The van der Waals surface area contributed by atoms with E-state index in [0.29, 0.717) is 19.4 Å². The molecule has 2 rings (SSSR count). The number of likely N-dealkylation sites (N-methyl/N-ethyl adjacent to an activating group) is 1. The first-order chi connectivity index (χ1) is 12.5. The van der Waals surface area contributed by atoms with E-state index >= 15 is 0 Å². The van der Waals surface area contributed by atoms with Gasteiger partial charge in [-0.25, -0.2) is 4.79 Å². The van der Waals surface area contributed by atoms with Crippen LogP contribution in [0, 0.1) is 0 Å². The molecular weight excluding hydrogens is 330 g/mol. The van der Waals surface area contributed by atoms with Gasteiger partial charge in [-0.3, -0.25) is 4.79 Å². The normalized spacial score (nSPS) is 11.6. The number of benzene rings is 2. The third-order valence-electron chi connectivity index (χ3n) is 4.28. The Morgan fingerprint density at radius 3 is 2.27 bits per heavy atom. The highest BCUT2D eigenvalue weighted by atomic mass is 16.5. The minimum absolute atomic E-state index is 0.179. The van der Waals surface area contributed by atoms with E-state index in [9.17, 15) is 14.7 Å². The van der Waals surface area contributed by atoms with Crippen LogP contribution < -0.4 is 4.74 Å². The van der Waals surface area contributed by atoms with Crippen LogP contribution in [-0.2, 0) is 22.4 Å². The lowest BCUT2D eigenvalue weighted by atomic mass is 10.0. The molecule has 5 nitrogen and oxygen atoms in total. The fraction of sp³-hybridized carbons (Fsp3) is 0.333. The molecule has 138 valence electrons. The van der Waals surface area contributed by atoms with Crippen molar-refractivity contribution in [3.63, 3.8) is 0 Å². The number of aryl methyl sites for hydroxylation is 1. The van der Waals surface area contributed by atoms with E-state index < -0.39 is 12.0 Å². The first kappa shape index (κ1) is 19.5. The number of carbonyl (C=O) groups excluding carboxylic acids is 1. The summed E-state index contributed by atoms with van der Waals surface area (Å²) in [5.74, 6) is -0.374. The SMILES string of the molecule is CCOc1ccc(CCC(=O)N(C)C(Cc2ccccc2)C(=O)O)cc1. The number of nitrogens with zero attached hydrogens (tertiary/aromatic N) is 1. The molecule has 0 fully saturated rings. The van der Waals surface area contributed by atoms with Crippen molar-refractivity contribution in [3.8, 4) is 5.75 Å². The molecule has 0 aliphatic rings. The average molecular weight is 355 g/mol. The van der Waals surface area contributed by atoms with Gasteiger partial charge in [-0.1, -0.05) is 42.5 Å². The topological polar surface area (TPSA) is 66.8 Å². The molecule has 0 aliphatic heterocycles. The van der Waals surface area contributed by atoms with Crippen LogP contribution in [0.1, 0.15) is 24.5 Å². The van der Waals surface area contributed by atoms with E-state index in [4.69, 9.17) is 4.74 Å². The second kappa shape index (κ2) is 9.61. The Hall–Kier alpha value is -2.82. The number of rotatable bonds is 9. The van der Waals surface area contributed by atoms with Crippen LogP contribution in [0.2, 0.25) is 0 Å². The summed E-state index contributed by atoms with van der Waals surface area (Å²) in [6.45, 7) is 2.54. The number of ether oxygens (including phenoxy) is 1. The Kier molecular flexibility index (Phi) is 7.21. The highest BCUT2D eigenvalue weighted by Crippen LogP contribution is 2.15. The lowest BCUT2D eigenvalue weighted by molar-refractivity contribution is -0.149. The molecule has 0 heterocycles. The fourth-order valence-electron chi connectivity index (χ4n) is 2.75. The van der Waals surface area contributed by atoms with Crippen molar-refractivity contribution in [3.05, 3.63) is 65.7 Å². The number of amides is 1. The van der Waals surface area contributed by atoms with Gasteiger partial charge in [0.15, 0.2) is 0 Å². The van der Waals surface area contributed by atoms with Crippen LogP contribution in [0.5, 0.6) is 5.75 Å². The van der Waals surface area contributed by atoms with Gasteiger partial charge in [-0.15, -0.1) is 0 Å². The Morgan fingerprint density at radius 2 is 1.69 bits per heavy atom. The monoisotopic (exact) mass is 355 g/mol. The second-order valence-corrected chi connectivity index (χ2v) is 6.13. The average Bonchev–Trinajstić information content (AvgIpc) is 2.65. The van der Waals surface area contributed by atoms with E-state index in [0.717, 1.165) is 16.9 Å². The van der Waals surface area contributed by atoms with Gasteiger partial charge in [0.05, 0.1) is 6.61 Å². The molecule has 0 spiro atoms. The first-order valence-corrected chi connectivity index (χ1v) is 8.75. The fourth-order valence-corrected chi connectivity index (χ4v) is 2.75. The third-order valence-corrected chi connectivity index (χ3v) is 4.28. The molecule has 2 aromatic rings. The third kappa shape index (κ3) is 5.62. The molecule has 26 heavy (non-hydrogen) atoms. The van der Waals surface area contributed by atoms with Gasteiger partial charge in [-0.05, 0) is 36.6 Å². The van der Waals surface area contributed by atoms with Crippen LogP contribution in [0.4, 0.5) is 0 Å². The van der Waals surface area contributed by atoms with Crippen LogP contribution >= 0.6 is 0 Å². The van der Waals surface area contributed by atoms with Crippen molar-refractivity contribution >= 4 is 11.9 Å². The van der Waals surface area contributed by atoms with Gasteiger partial charge in [0.2, 0.25) is 5.91 Å². The highest BCUT2D eigenvalue weighted by Gasteiger charge is 2.26. The maximum atomic E-state index is 12.5. The summed E-state index contributed by atoms with van der Waals surface area (Å²) < 4.78 is 5.40. The minimum atomic E-state index is -0.995. The molecule has 1 N–H and O–H groups in total. The van der Waals surface area contributed by atoms with E-state index in [1.54, 1.807) is 7.05 Å². The van der Waals surface area contributed by atoms with Crippen molar-refractivity contribution in [2.24, 2.45) is 0 Å². The Balaban J connectivity index is 1.94. The largest absolute Gasteiger partial charge is 0.494 e. The van der Waals surface area contributed by atoms with Gasteiger partial charge in [-0.2, -0.15) is 0 Å². The Bertz CT molecular complexity index is 713. The number of hydrogen-bond acceptors (Lipinski definition) is 3. The van der Waals surface area contributed by atoms with Crippen LogP contribution in [0.15, 0.2) is 54.6 Å². The molecule has 5 heteroatoms. The number of carboxylic acids is 1. The zero-order valence-electron chi connectivity index (χ0n) is 15.2. The predicted molar refractivity (Wildman–Crippen MR) is 100 cm³/mol. The standard InChI is InChI=1S/C21H25NO4/c1-3-26-18-12-9-16(10-13-18)11-14-20(23)22(2)19(21(24)25)15-17-7-5-4-6-8-17/h4-10,12-13,19H,3,11,14-15H2,1-2H3,(H,24,25). The van der Waals surface area contributed by atoms with E-state index in [-0.39, 0.29) is 12.3 Å². The maximum absolute atomic E-state index is 12.5. The van der Waals surface area contributed by atoms with Gasteiger partial charge >= 0.3 is 5.97 Å². The zero-order valence-corrected chi connectivity index (χ0v) is 15.2. The Labute approximate surface area is 154 Å². The van der Waals surface area contributed by atoms with Crippen LogP contribution in [-0.4, -0.2) is 41.6 Å². The van der Waals surface area contributed by atoms with Crippen molar-refractivity contribution in [1.82, 2.24) is 4.90 Å². The van der Waals surface area contributed by atoms with Gasteiger partial charge < -0.3 is 14.7 Å². The maximum Gasteiger partial charge on any atom is 0.326 e. The lowest BCUT2D eigenvalue weighted by Gasteiger charge is -2.25. The van der Waals surface area contributed by atoms with E-state index in [2.05, 4.69) is 0 Å². The summed E-state index contributed by atoms with van der Waals surface area (Å²) in [5.41, 5.74) is 1.91. The second-order valence-electron chi connectivity index (χ2n) is 6.13. The number of carbonyl (C=O) groups is 2. The lowest BCUT2D eigenvalue weighted by Crippen LogP contribution is -2.43. The number of aliphatic carboxylic acids is 1. The smallest absolute Gasteiger partial charge is 0.326 e. The van der Waals surface area contributed by atoms with Crippen LogP contribution in [0.3, 0.4) is 0 Å². The minimum Gasteiger partial charge on any atom is -0.494 e. The summed E-state index contributed by atoms with van der Waals surface area (Å²) >= 11 is 0. The Morgan fingerprint density at radius 1 is 1.04 bits per heavy atom. The molecule has 0 saturated heterocycles. The molecule has 0 aromatic heterocycles. The number of carboxylic acid groups (broad SMARTS) is 1. The molecular formula is C21H25NO4. The zero-order chi connectivity index (χ0) is 18.9. The predicted octanol–water partition coefficient (Wildman–Crippen LogP) is 3.17. The molecule has 0 saturated carbocycles. The van der Waals surface area contributed by atoms with E-state index in [1.165, 1.54) is 4.90 Å². The molecule has 0 aliphatic carbocycles. The van der Waals surface area contributed by atoms with Gasteiger partial charge in [0.25, 0.3) is 0 Å². The molecule has 1 atom stereocenters. The molecule has 1 amide bonds. The van der Waals surface area contributed by atoms with E-state index in [1.807, 2.05) is 61.5 Å². The number of hydrogen-bond donors (Lipinski definition) is 1. The van der Waals surface area contributed by atoms with Crippen molar-refractivity contribution in [2.75, 3.05) is 13.7 Å². The summed E-state index contributed by atoms with van der Waals surface area (Å²) in [6.07, 6.45) is 1.12. The molecule has 2 aromatic carbocycles. The first-order valence-electron chi connectivity index (χ1n) is 8.75. The molecule has 0 radical (unpaired) electrons. The van der Waals surface area contributed by atoms with Crippen molar-refractivity contribution in [2.45, 2.75) is 32.2 Å². The van der Waals surface area contributed by atoms with Crippen molar-refractivity contribution in [1.29, 1.82) is 0 Å². The summed E-state index contributed by atoms with van der Waals surface area (Å²) in [6, 6.07) is 16.1. The summed E-state index contributed by atoms with van der Waals surface area (Å²) in [7, 11) is 1.56. The summed E-state index contributed by atoms with van der Waals surface area (Å²) in [5, 5.41) is 9.51. The summed E-state index contributed by atoms with van der Waals surface area (Å²) in [4.78, 5) is 25.4. The molecule has 1 unspecified atom stereocenters. The van der Waals surface area contributed by atoms with Gasteiger partial charge in [0.1, 0.15) is 11.8 Å². The van der Waals surface area contributed by atoms with Gasteiger partial charge in [0, 0.05) is 19.9 Å². The molecule has 0 bridgehead atoms. The highest BCUT2D eigenvalue weighted by molar-refractivity contribution is 5.83. The quantitative estimate of drug-likeness (QED) is 0.750. The van der Waals surface area contributed by atoms with Crippen molar-refractivity contribution < 1.29 is 19.4 Å².